The summed E-state index contributed by atoms with van der Waals surface area (Å²) in [5.41, 5.74) is 0. The molecule has 1 saturated heterocycles. The van der Waals surface area contributed by atoms with Gasteiger partial charge in [0.1, 0.15) is 16.7 Å². The molecule has 2 heterocycles. The molecule has 2 aliphatic heterocycles. The van der Waals surface area contributed by atoms with Crippen LogP contribution in [0.5, 0.6) is 5.75 Å². The predicted molar refractivity (Wildman–Crippen MR) is 98.6 cm³/mol. The van der Waals surface area contributed by atoms with Crippen molar-refractivity contribution in [1.82, 2.24) is 14.5 Å². The van der Waals surface area contributed by atoms with Gasteiger partial charge in [-0.25, -0.2) is 13.2 Å². The van der Waals surface area contributed by atoms with E-state index in [4.69, 9.17) is 4.74 Å². The maximum Gasteiger partial charge on any atom is 0.317 e. The lowest BCUT2D eigenvalue weighted by atomic mass is 10.0. The van der Waals surface area contributed by atoms with Crippen molar-refractivity contribution in [2.75, 3.05) is 26.7 Å². The van der Waals surface area contributed by atoms with E-state index >= 15 is 0 Å². The van der Waals surface area contributed by atoms with Crippen molar-refractivity contribution in [2.45, 2.75) is 43.7 Å². The second-order valence-corrected chi connectivity index (χ2v) is 9.12. The van der Waals surface area contributed by atoms with Gasteiger partial charge in [0.25, 0.3) is 0 Å². The molecule has 1 aromatic carbocycles. The summed E-state index contributed by atoms with van der Waals surface area (Å²) in [6, 6.07) is 6.41. The number of rotatable bonds is 2. The molecule has 8 heteroatoms. The Morgan fingerprint density at radius 2 is 1.96 bits per heavy atom. The summed E-state index contributed by atoms with van der Waals surface area (Å²) < 4.78 is 34.5. The van der Waals surface area contributed by atoms with Crippen LogP contribution >= 0.6 is 0 Å². The Kier molecular flexibility index (Phi) is 5.43. The van der Waals surface area contributed by atoms with Crippen LogP contribution < -0.4 is 10.1 Å². The van der Waals surface area contributed by atoms with Crippen LogP contribution in [-0.2, 0) is 10.0 Å². The van der Waals surface area contributed by atoms with Crippen molar-refractivity contribution in [3.63, 3.8) is 0 Å². The summed E-state index contributed by atoms with van der Waals surface area (Å²) in [7, 11) is -2.05. The average molecular weight is 381 g/mol. The molecule has 1 fully saturated rings. The number of likely N-dealkylation sites (tertiary alicyclic amines) is 1. The zero-order valence-electron chi connectivity index (χ0n) is 15.5. The zero-order chi connectivity index (χ0) is 18.9. The molecule has 0 unspecified atom stereocenters. The highest BCUT2D eigenvalue weighted by molar-refractivity contribution is 7.89. The third kappa shape index (κ3) is 3.53. The van der Waals surface area contributed by atoms with Crippen LogP contribution in [0, 0.1) is 5.92 Å². The summed E-state index contributed by atoms with van der Waals surface area (Å²) in [4.78, 5) is 14.0. The molecule has 0 aromatic heterocycles. The molecule has 3 rings (SSSR count). The molecule has 1 aromatic rings. The normalized spacial score (nSPS) is 25.5. The first kappa shape index (κ1) is 19.0. The highest BCUT2D eigenvalue weighted by Gasteiger charge is 2.43. The Balaban J connectivity index is 2.01. The number of para-hydroxylation sites is 1. The van der Waals surface area contributed by atoms with E-state index in [-0.39, 0.29) is 29.0 Å². The number of benzene rings is 1. The van der Waals surface area contributed by atoms with Crippen molar-refractivity contribution in [2.24, 2.45) is 5.92 Å². The van der Waals surface area contributed by atoms with E-state index in [0.717, 1.165) is 0 Å². The van der Waals surface area contributed by atoms with E-state index in [1.807, 2.05) is 13.8 Å². The topological polar surface area (TPSA) is 79.0 Å². The van der Waals surface area contributed by atoms with Crippen LogP contribution in [0.15, 0.2) is 29.2 Å². The Morgan fingerprint density at radius 1 is 1.27 bits per heavy atom. The van der Waals surface area contributed by atoms with E-state index < -0.39 is 10.0 Å². The highest BCUT2D eigenvalue weighted by atomic mass is 32.2. The number of nitrogens with zero attached hydrogens (tertiary/aromatic N) is 2. The molecule has 0 radical (unpaired) electrons. The maximum atomic E-state index is 13.4. The molecule has 0 saturated carbocycles. The SMILES string of the molecule is CNC(=O)N1CC[C@@H]2[C@@H](CC1)Oc1ccccc1S(=O)(=O)N2CC(C)C. The van der Waals surface area contributed by atoms with Crippen LogP contribution in [0.1, 0.15) is 26.7 Å². The minimum atomic E-state index is -3.66. The predicted octanol–water partition coefficient (Wildman–Crippen LogP) is 1.90. The minimum Gasteiger partial charge on any atom is -0.487 e. The van der Waals surface area contributed by atoms with Crippen molar-refractivity contribution < 1.29 is 17.9 Å². The lowest BCUT2D eigenvalue weighted by Gasteiger charge is -2.32. The second-order valence-electron chi connectivity index (χ2n) is 7.26. The first-order chi connectivity index (χ1) is 12.3. The first-order valence-electron chi connectivity index (χ1n) is 9.08. The summed E-state index contributed by atoms with van der Waals surface area (Å²) in [6.07, 6.45) is 0.871. The van der Waals surface area contributed by atoms with E-state index in [0.29, 0.717) is 38.2 Å². The first-order valence-corrected chi connectivity index (χ1v) is 10.5. The van der Waals surface area contributed by atoms with Gasteiger partial charge in [-0.3, -0.25) is 0 Å². The van der Waals surface area contributed by atoms with Gasteiger partial charge in [0.05, 0.1) is 6.04 Å². The van der Waals surface area contributed by atoms with Gasteiger partial charge in [-0.1, -0.05) is 26.0 Å². The fourth-order valence-electron chi connectivity index (χ4n) is 3.71. The largest absolute Gasteiger partial charge is 0.487 e. The molecule has 144 valence electrons. The molecule has 1 N–H and O–H groups in total. The van der Waals surface area contributed by atoms with Crippen LogP contribution in [0.2, 0.25) is 0 Å². The fourth-order valence-corrected chi connectivity index (χ4v) is 5.68. The van der Waals surface area contributed by atoms with Crippen molar-refractivity contribution >= 4 is 16.1 Å². The van der Waals surface area contributed by atoms with Crippen molar-refractivity contribution in [3.8, 4) is 5.75 Å². The van der Waals surface area contributed by atoms with Crippen LogP contribution in [0.3, 0.4) is 0 Å². The third-order valence-electron chi connectivity index (χ3n) is 4.94. The fraction of sp³-hybridized carbons (Fsp3) is 0.611. The zero-order valence-corrected chi connectivity index (χ0v) is 16.3. The van der Waals surface area contributed by atoms with Crippen molar-refractivity contribution in [3.05, 3.63) is 24.3 Å². The quantitative estimate of drug-likeness (QED) is 0.849. The number of amides is 2. The summed E-state index contributed by atoms with van der Waals surface area (Å²) in [5, 5.41) is 2.65. The molecular weight excluding hydrogens is 354 g/mol. The van der Waals surface area contributed by atoms with Gasteiger partial charge in [0, 0.05) is 33.1 Å². The Labute approximate surface area is 155 Å². The number of fused-ring (bicyclic) bond motifs is 2. The average Bonchev–Trinajstić information content (AvgIpc) is 2.85. The molecule has 0 spiro atoms. The summed E-state index contributed by atoms with van der Waals surface area (Å²) in [6.45, 7) is 5.50. The Hall–Kier alpha value is -1.80. The number of nitrogens with one attached hydrogen (secondary N) is 1. The molecule has 2 atom stereocenters. The number of hydrogen-bond donors (Lipinski definition) is 1. The van der Waals surface area contributed by atoms with E-state index in [2.05, 4.69) is 5.32 Å². The molecule has 0 aliphatic carbocycles. The molecule has 26 heavy (non-hydrogen) atoms. The number of sulfonamides is 1. The number of ether oxygens (including phenoxy) is 1. The van der Waals surface area contributed by atoms with Gasteiger partial charge in [-0.2, -0.15) is 4.31 Å². The standard InChI is InChI=1S/C18H27N3O4S/c1-13(2)12-21-14-8-10-20(18(22)19-3)11-9-15(14)25-16-6-4-5-7-17(16)26(21,23)24/h4-7,13-15H,8-12H2,1-3H3,(H,19,22)/t14-,15-/m1/s1. The van der Waals surface area contributed by atoms with E-state index in [1.54, 1.807) is 40.5 Å². The third-order valence-corrected chi connectivity index (χ3v) is 6.87. The molecule has 0 bridgehead atoms. The molecular formula is C18H27N3O4S. The van der Waals surface area contributed by atoms with E-state index in [1.165, 1.54) is 0 Å². The highest BCUT2D eigenvalue weighted by Crippen LogP contribution is 2.36. The summed E-state index contributed by atoms with van der Waals surface area (Å²) >= 11 is 0. The number of carbonyl (C=O) groups excluding carboxylic acids is 1. The number of urea groups is 1. The Bertz CT molecular complexity index is 765. The van der Waals surface area contributed by atoms with Gasteiger partial charge >= 0.3 is 6.03 Å². The lowest BCUT2D eigenvalue weighted by molar-refractivity contribution is 0.108. The second kappa shape index (κ2) is 7.44. The van der Waals surface area contributed by atoms with Gasteiger partial charge in [0.2, 0.25) is 10.0 Å². The molecule has 2 amide bonds. The smallest absolute Gasteiger partial charge is 0.317 e. The van der Waals surface area contributed by atoms with Gasteiger partial charge in [0.15, 0.2) is 0 Å². The van der Waals surface area contributed by atoms with Gasteiger partial charge in [-0.05, 0) is 24.5 Å². The van der Waals surface area contributed by atoms with Crippen molar-refractivity contribution in [1.29, 1.82) is 0 Å². The molecule has 7 nitrogen and oxygen atoms in total. The van der Waals surface area contributed by atoms with E-state index in [9.17, 15) is 13.2 Å². The monoisotopic (exact) mass is 381 g/mol. The van der Waals surface area contributed by atoms with Gasteiger partial charge < -0.3 is 15.0 Å². The Morgan fingerprint density at radius 3 is 2.65 bits per heavy atom. The van der Waals surface area contributed by atoms with Crippen LogP contribution in [0.25, 0.3) is 0 Å². The number of hydrogen-bond acceptors (Lipinski definition) is 4. The number of carbonyl (C=O) groups is 1. The minimum absolute atomic E-state index is 0.139. The summed E-state index contributed by atoms with van der Waals surface area (Å²) in [5.74, 6) is 0.594. The van der Waals surface area contributed by atoms with Gasteiger partial charge in [-0.15, -0.1) is 0 Å². The van der Waals surface area contributed by atoms with Crippen LogP contribution in [0.4, 0.5) is 4.79 Å². The van der Waals surface area contributed by atoms with Crippen LogP contribution in [-0.4, -0.2) is 62.5 Å². The molecule has 2 aliphatic rings. The maximum absolute atomic E-state index is 13.4. The lowest BCUT2D eigenvalue weighted by Crippen LogP contribution is -2.48.